The summed E-state index contributed by atoms with van der Waals surface area (Å²) in [5.41, 5.74) is 9.93. The van der Waals surface area contributed by atoms with Crippen LogP contribution >= 0.6 is 0 Å². The summed E-state index contributed by atoms with van der Waals surface area (Å²) in [6, 6.07) is -1.12. The van der Waals surface area contributed by atoms with Crippen LogP contribution in [0.3, 0.4) is 0 Å². The van der Waals surface area contributed by atoms with Crippen molar-refractivity contribution in [2.75, 3.05) is 26.4 Å². The van der Waals surface area contributed by atoms with Gasteiger partial charge < -0.3 is 47.3 Å². The number of H-pyrrole nitrogens is 1. The van der Waals surface area contributed by atoms with Gasteiger partial charge in [-0.3, -0.25) is 9.59 Å². The minimum Gasteiger partial charge on any atom is -0.480 e. The molecule has 0 radical (unpaired) electrons. The molecule has 0 spiro atoms. The second-order valence-electron chi connectivity index (χ2n) is 6.05. The van der Waals surface area contributed by atoms with Gasteiger partial charge in [-0.25, -0.2) is 4.98 Å². The number of aliphatic hydroxyl groups is 3. The minimum absolute atomic E-state index is 0.269. The van der Waals surface area contributed by atoms with Gasteiger partial charge >= 0.3 is 11.9 Å². The first-order valence-corrected chi connectivity index (χ1v) is 8.22. The van der Waals surface area contributed by atoms with Gasteiger partial charge in [-0.15, -0.1) is 0 Å². The molecule has 1 aromatic rings. The van der Waals surface area contributed by atoms with Crippen molar-refractivity contribution in [2.24, 2.45) is 11.5 Å². The van der Waals surface area contributed by atoms with Crippen LogP contribution in [0.1, 0.15) is 18.5 Å². The van der Waals surface area contributed by atoms with Crippen molar-refractivity contribution < 1.29 is 35.1 Å². The molecule has 1 unspecified atom stereocenters. The van der Waals surface area contributed by atoms with Crippen LogP contribution in [-0.2, 0) is 16.0 Å². The number of hydrogen-bond acceptors (Lipinski definition) is 9. The summed E-state index contributed by atoms with van der Waals surface area (Å²) in [7, 11) is 0. The Hall–Kier alpha value is -2.09. The summed E-state index contributed by atoms with van der Waals surface area (Å²) in [6.45, 7) is -0.350. The molecule has 0 amide bonds. The normalized spacial score (nSPS) is 17.1. The lowest BCUT2D eigenvalue weighted by Crippen LogP contribution is -2.50. The SMILES string of the molecule is NC(CO)(CO)CO.N[C@@H](Cc1cnc[nH]1)C(=O)O.O=C(O)C1CCCN1. The molecule has 1 fully saturated rings. The average Bonchev–Trinajstić information content (AvgIpc) is 3.36. The molecule has 2 heterocycles. The minimum atomic E-state index is -1.21. The number of aromatic nitrogens is 2. The third-order valence-corrected chi connectivity index (χ3v) is 3.61. The molecule has 11 N–H and O–H groups in total. The lowest BCUT2D eigenvalue weighted by molar-refractivity contribution is -0.139. The standard InChI is InChI=1S/C6H9N3O2.C5H9NO2.C4H11NO3/c7-5(6(10)11)1-4-2-8-3-9-4;7-5(8)4-2-1-3-6-4;5-4(1-6,2-7)3-8/h2-3,5H,1,7H2,(H,8,9)(H,10,11);4,6H,1-3H2,(H,7,8);6-8H,1-3,5H2/t5-;;/m0../s1. The predicted octanol–water partition coefficient (Wildman–Crippen LogP) is -3.15. The monoisotopic (exact) mass is 391 g/mol. The Morgan fingerprint density at radius 3 is 2.11 bits per heavy atom. The molecule has 12 heteroatoms. The number of rotatable bonds is 7. The van der Waals surface area contributed by atoms with E-state index in [0.717, 1.165) is 25.1 Å². The van der Waals surface area contributed by atoms with Crippen molar-refractivity contribution in [3.63, 3.8) is 0 Å². The highest BCUT2D eigenvalue weighted by Crippen LogP contribution is 2.03. The largest absolute Gasteiger partial charge is 0.480 e. The van der Waals surface area contributed by atoms with Gasteiger partial charge in [0.2, 0.25) is 0 Å². The molecule has 1 aliphatic heterocycles. The fourth-order valence-corrected chi connectivity index (χ4v) is 1.77. The maximum atomic E-state index is 10.3. The Bertz CT molecular complexity index is 522. The number of aliphatic carboxylic acids is 2. The highest BCUT2D eigenvalue weighted by atomic mass is 16.4. The van der Waals surface area contributed by atoms with E-state index in [4.69, 9.17) is 37.0 Å². The van der Waals surface area contributed by atoms with Gasteiger partial charge in [-0.2, -0.15) is 0 Å². The smallest absolute Gasteiger partial charge is 0.320 e. The van der Waals surface area contributed by atoms with Crippen LogP contribution in [0.15, 0.2) is 12.5 Å². The number of nitrogens with one attached hydrogen (secondary N) is 2. The molecule has 2 atom stereocenters. The molecule has 1 aromatic heterocycles. The summed E-state index contributed by atoms with van der Waals surface area (Å²) >= 11 is 0. The van der Waals surface area contributed by atoms with Gasteiger partial charge in [-0.05, 0) is 19.4 Å². The lowest BCUT2D eigenvalue weighted by Gasteiger charge is -2.20. The zero-order valence-electron chi connectivity index (χ0n) is 14.9. The summed E-state index contributed by atoms with van der Waals surface area (Å²) < 4.78 is 0. The number of aromatic amines is 1. The van der Waals surface area contributed by atoms with Gasteiger partial charge in [0.15, 0.2) is 0 Å². The quantitative estimate of drug-likeness (QED) is 0.225. The Labute approximate surface area is 156 Å². The zero-order chi connectivity index (χ0) is 20.9. The van der Waals surface area contributed by atoms with E-state index in [1.54, 1.807) is 6.20 Å². The number of nitrogens with zero attached hydrogens (tertiary/aromatic N) is 1. The molecule has 0 aromatic carbocycles. The molecule has 156 valence electrons. The Kier molecular flexibility index (Phi) is 12.1. The van der Waals surface area contributed by atoms with Gasteiger partial charge in [0, 0.05) is 18.3 Å². The van der Waals surface area contributed by atoms with Crippen LogP contribution in [0, 0.1) is 0 Å². The van der Waals surface area contributed by atoms with E-state index in [0.29, 0.717) is 0 Å². The van der Waals surface area contributed by atoms with Crippen LogP contribution in [0.2, 0.25) is 0 Å². The van der Waals surface area contributed by atoms with Gasteiger partial charge in [0.1, 0.15) is 12.1 Å². The van der Waals surface area contributed by atoms with E-state index in [9.17, 15) is 9.59 Å². The summed E-state index contributed by atoms with van der Waals surface area (Å²) in [5.74, 6) is -1.72. The van der Waals surface area contributed by atoms with E-state index >= 15 is 0 Å². The first-order valence-electron chi connectivity index (χ1n) is 8.22. The van der Waals surface area contributed by atoms with E-state index in [1.165, 1.54) is 6.33 Å². The molecule has 2 rings (SSSR count). The Morgan fingerprint density at radius 1 is 1.26 bits per heavy atom. The first kappa shape index (κ1) is 24.9. The molecule has 27 heavy (non-hydrogen) atoms. The summed E-state index contributed by atoms with van der Waals surface area (Å²) in [6.07, 6.45) is 5.12. The number of aliphatic hydroxyl groups excluding tert-OH is 3. The van der Waals surface area contributed by atoms with Crippen LogP contribution < -0.4 is 16.8 Å². The fraction of sp³-hybridized carbons (Fsp3) is 0.667. The second-order valence-corrected chi connectivity index (χ2v) is 6.05. The predicted molar refractivity (Wildman–Crippen MR) is 94.7 cm³/mol. The van der Waals surface area contributed by atoms with Crippen molar-refractivity contribution in [2.45, 2.75) is 36.9 Å². The molecule has 0 bridgehead atoms. The zero-order valence-corrected chi connectivity index (χ0v) is 14.9. The molecular formula is C15H29N5O7. The number of imidazole rings is 1. The third kappa shape index (κ3) is 10.6. The molecule has 1 saturated heterocycles. The van der Waals surface area contributed by atoms with Crippen molar-refractivity contribution in [3.8, 4) is 0 Å². The summed E-state index contributed by atoms with van der Waals surface area (Å²) in [5, 5.41) is 44.6. The number of nitrogens with two attached hydrogens (primary N) is 2. The van der Waals surface area contributed by atoms with Crippen molar-refractivity contribution in [1.82, 2.24) is 15.3 Å². The molecular weight excluding hydrogens is 362 g/mol. The van der Waals surface area contributed by atoms with Crippen molar-refractivity contribution >= 4 is 11.9 Å². The highest BCUT2D eigenvalue weighted by Gasteiger charge is 2.21. The molecule has 1 aliphatic rings. The summed E-state index contributed by atoms with van der Waals surface area (Å²) in [4.78, 5) is 26.9. The molecule has 12 nitrogen and oxygen atoms in total. The van der Waals surface area contributed by atoms with Crippen LogP contribution in [-0.4, -0.2) is 91.4 Å². The van der Waals surface area contributed by atoms with Crippen LogP contribution in [0.4, 0.5) is 0 Å². The Morgan fingerprint density at radius 2 is 1.85 bits per heavy atom. The number of carboxylic acid groups (broad SMARTS) is 2. The van der Waals surface area contributed by atoms with Gasteiger partial charge in [0.25, 0.3) is 0 Å². The lowest BCUT2D eigenvalue weighted by atomic mass is 10.1. The van der Waals surface area contributed by atoms with E-state index in [1.807, 2.05) is 0 Å². The van der Waals surface area contributed by atoms with Crippen molar-refractivity contribution in [3.05, 3.63) is 18.2 Å². The second kappa shape index (κ2) is 13.1. The van der Waals surface area contributed by atoms with Crippen LogP contribution in [0.25, 0.3) is 0 Å². The fourth-order valence-electron chi connectivity index (χ4n) is 1.77. The third-order valence-electron chi connectivity index (χ3n) is 3.61. The van der Waals surface area contributed by atoms with E-state index in [-0.39, 0.29) is 12.5 Å². The van der Waals surface area contributed by atoms with Crippen molar-refractivity contribution in [1.29, 1.82) is 0 Å². The first-order chi connectivity index (χ1) is 12.7. The highest BCUT2D eigenvalue weighted by molar-refractivity contribution is 5.73. The maximum Gasteiger partial charge on any atom is 0.320 e. The average molecular weight is 391 g/mol. The number of carboxylic acids is 2. The molecule has 0 aliphatic carbocycles. The van der Waals surface area contributed by atoms with E-state index < -0.39 is 43.3 Å². The van der Waals surface area contributed by atoms with E-state index in [2.05, 4.69) is 15.3 Å². The van der Waals surface area contributed by atoms with Crippen LogP contribution in [0.5, 0.6) is 0 Å². The maximum absolute atomic E-state index is 10.3. The number of carbonyl (C=O) groups is 2. The molecule has 0 saturated carbocycles. The number of hydrogen-bond donors (Lipinski definition) is 9. The van der Waals surface area contributed by atoms with Gasteiger partial charge in [0.05, 0.1) is 31.7 Å². The van der Waals surface area contributed by atoms with Gasteiger partial charge in [-0.1, -0.05) is 0 Å². The Balaban J connectivity index is 0.000000384. The topological polar surface area (TPSA) is 228 Å².